The summed E-state index contributed by atoms with van der Waals surface area (Å²) in [6.45, 7) is 4.01. The Kier molecular flexibility index (Phi) is 3.85. The molecule has 0 N–H and O–H groups in total. The quantitative estimate of drug-likeness (QED) is 0.813. The number of hydrogen-bond donors (Lipinski definition) is 0. The van der Waals surface area contributed by atoms with E-state index in [-0.39, 0.29) is 0 Å². The van der Waals surface area contributed by atoms with Gasteiger partial charge in [0.05, 0.1) is 0 Å². The van der Waals surface area contributed by atoms with Gasteiger partial charge in [-0.1, -0.05) is 24.3 Å². The number of hydrogen-bond acceptors (Lipinski definition) is 2. The number of rotatable bonds is 2. The van der Waals surface area contributed by atoms with Crippen molar-refractivity contribution in [3.05, 3.63) is 59.7 Å². The molecule has 0 heterocycles. The van der Waals surface area contributed by atoms with Crippen LogP contribution >= 0.6 is 0 Å². The van der Waals surface area contributed by atoms with Gasteiger partial charge in [-0.25, -0.2) is 4.79 Å². The van der Waals surface area contributed by atoms with E-state index in [1.54, 1.807) is 19.2 Å². The molecule has 0 radical (unpaired) electrons. The molecule has 19 heavy (non-hydrogen) atoms. The largest absolute Gasteiger partial charge is 0.419 e. The molecule has 3 nitrogen and oxygen atoms in total. The first-order valence-corrected chi connectivity index (χ1v) is 6.15. The first-order valence-electron chi connectivity index (χ1n) is 6.15. The molecule has 98 valence electrons. The van der Waals surface area contributed by atoms with Crippen molar-refractivity contribution >= 4 is 11.8 Å². The SMILES string of the molecule is Cc1cc(C)cc(N(C)C(=O)Oc2ccccc2)c1. The fourth-order valence-electron chi connectivity index (χ4n) is 1.91. The molecular formula is C16H17NO2. The van der Waals surface area contributed by atoms with Crippen molar-refractivity contribution in [3.8, 4) is 5.75 Å². The second-order valence-corrected chi connectivity index (χ2v) is 4.59. The molecule has 0 unspecified atom stereocenters. The van der Waals surface area contributed by atoms with E-state index in [0.29, 0.717) is 5.75 Å². The van der Waals surface area contributed by atoms with Gasteiger partial charge in [0.25, 0.3) is 0 Å². The van der Waals surface area contributed by atoms with Gasteiger partial charge in [0.15, 0.2) is 0 Å². The number of carbonyl (C=O) groups is 1. The lowest BCUT2D eigenvalue weighted by Crippen LogP contribution is -2.29. The molecule has 1 amide bonds. The van der Waals surface area contributed by atoms with Crippen LogP contribution in [0.3, 0.4) is 0 Å². The highest BCUT2D eigenvalue weighted by molar-refractivity contribution is 5.88. The molecule has 0 saturated carbocycles. The molecule has 0 aliphatic rings. The average Bonchev–Trinajstić information content (AvgIpc) is 2.37. The van der Waals surface area contributed by atoms with Crippen LogP contribution in [-0.2, 0) is 0 Å². The van der Waals surface area contributed by atoms with Gasteiger partial charge in [-0.2, -0.15) is 0 Å². The van der Waals surface area contributed by atoms with Crippen LogP contribution in [0.4, 0.5) is 10.5 Å². The lowest BCUT2D eigenvalue weighted by molar-refractivity contribution is 0.209. The third kappa shape index (κ3) is 3.35. The predicted molar refractivity (Wildman–Crippen MR) is 76.8 cm³/mol. The van der Waals surface area contributed by atoms with E-state index in [0.717, 1.165) is 16.8 Å². The van der Waals surface area contributed by atoms with Crippen molar-refractivity contribution in [3.63, 3.8) is 0 Å². The molecule has 2 rings (SSSR count). The Balaban J connectivity index is 2.15. The third-order valence-corrected chi connectivity index (χ3v) is 2.82. The summed E-state index contributed by atoms with van der Waals surface area (Å²) in [5, 5.41) is 0. The number of nitrogens with zero attached hydrogens (tertiary/aromatic N) is 1. The van der Waals surface area contributed by atoms with E-state index in [2.05, 4.69) is 6.07 Å². The summed E-state index contributed by atoms with van der Waals surface area (Å²) in [6.07, 6.45) is -0.392. The molecule has 0 saturated heterocycles. The van der Waals surface area contributed by atoms with Gasteiger partial charge in [0.1, 0.15) is 5.75 Å². The molecule has 0 spiro atoms. The Morgan fingerprint density at radius 3 is 2.16 bits per heavy atom. The highest BCUT2D eigenvalue weighted by Crippen LogP contribution is 2.19. The minimum atomic E-state index is -0.392. The van der Waals surface area contributed by atoms with Gasteiger partial charge in [0.2, 0.25) is 0 Å². The minimum Gasteiger partial charge on any atom is -0.410 e. The Labute approximate surface area is 113 Å². The summed E-state index contributed by atoms with van der Waals surface area (Å²) in [7, 11) is 1.71. The van der Waals surface area contributed by atoms with Crippen molar-refractivity contribution < 1.29 is 9.53 Å². The van der Waals surface area contributed by atoms with Crippen molar-refractivity contribution in [2.75, 3.05) is 11.9 Å². The fourth-order valence-corrected chi connectivity index (χ4v) is 1.91. The lowest BCUT2D eigenvalue weighted by atomic mass is 10.1. The van der Waals surface area contributed by atoms with Crippen LogP contribution < -0.4 is 9.64 Å². The topological polar surface area (TPSA) is 29.5 Å². The molecule has 0 bridgehead atoms. The zero-order valence-corrected chi connectivity index (χ0v) is 11.4. The predicted octanol–water partition coefficient (Wildman–Crippen LogP) is 3.94. The molecule has 0 fully saturated rings. The highest BCUT2D eigenvalue weighted by atomic mass is 16.6. The van der Waals surface area contributed by atoms with Gasteiger partial charge in [-0.05, 0) is 49.2 Å². The van der Waals surface area contributed by atoms with Gasteiger partial charge < -0.3 is 4.74 Å². The maximum Gasteiger partial charge on any atom is 0.419 e. The van der Waals surface area contributed by atoms with Crippen LogP contribution in [0, 0.1) is 13.8 Å². The summed E-state index contributed by atoms with van der Waals surface area (Å²) >= 11 is 0. The molecule has 2 aromatic rings. The molecule has 2 aromatic carbocycles. The smallest absolute Gasteiger partial charge is 0.410 e. The van der Waals surface area contributed by atoms with Crippen molar-refractivity contribution in [2.45, 2.75) is 13.8 Å². The fraction of sp³-hybridized carbons (Fsp3) is 0.188. The number of carbonyl (C=O) groups excluding carboxylic acids is 1. The average molecular weight is 255 g/mol. The number of amides is 1. The molecular weight excluding hydrogens is 238 g/mol. The van der Waals surface area contributed by atoms with Crippen LogP contribution in [0.2, 0.25) is 0 Å². The van der Waals surface area contributed by atoms with Crippen LogP contribution in [-0.4, -0.2) is 13.1 Å². The van der Waals surface area contributed by atoms with E-state index in [4.69, 9.17) is 4.74 Å². The van der Waals surface area contributed by atoms with E-state index in [1.807, 2.05) is 44.2 Å². The van der Waals surface area contributed by atoms with Gasteiger partial charge in [-0.15, -0.1) is 0 Å². The van der Waals surface area contributed by atoms with Gasteiger partial charge in [0, 0.05) is 12.7 Å². The lowest BCUT2D eigenvalue weighted by Gasteiger charge is -2.18. The maximum atomic E-state index is 12.0. The molecule has 0 aromatic heterocycles. The summed E-state index contributed by atoms with van der Waals surface area (Å²) in [4.78, 5) is 13.5. The first-order chi connectivity index (χ1) is 9.06. The van der Waals surface area contributed by atoms with Crippen LogP contribution in [0.25, 0.3) is 0 Å². The van der Waals surface area contributed by atoms with Crippen LogP contribution in [0.1, 0.15) is 11.1 Å². The van der Waals surface area contributed by atoms with E-state index in [1.165, 1.54) is 4.90 Å². The Hall–Kier alpha value is -2.29. The minimum absolute atomic E-state index is 0.392. The monoisotopic (exact) mass is 255 g/mol. The summed E-state index contributed by atoms with van der Waals surface area (Å²) in [5.74, 6) is 0.545. The molecule has 3 heteroatoms. The van der Waals surface area contributed by atoms with Crippen molar-refractivity contribution in [2.24, 2.45) is 0 Å². The number of para-hydroxylation sites is 1. The van der Waals surface area contributed by atoms with E-state index >= 15 is 0 Å². The van der Waals surface area contributed by atoms with Gasteiger partial charge in [-0.3, -0.25) is 4.90 Å². The van der Waals surface area contributed by atoms with Crippen molar-refractivity contribution in [1.82, 2.24) is 0 Å². The second kappa shape index (κ2) is 5.57. The third-order valence-electron chi connectivity index (χ3n) is 2.82. The Bertz CT molecular complexity index is 558. The van der Waals surface area contributed by atoms with Crippen molar-refractivity contribution in [1.29, 1.82) is 0 Å². The van der Waals surface area contributed by atoms with Crippen LogP contribution in [0.15, 0.2) is 48.5 Å². The maximum absolute atomic E-state index is 12.0. The summed E-state index contributed by atoms with van der Waals surface area (Å²) in [5.41, 5.74) is 3.07. The standard InChI is InChI=1S/C16H17NO2/c1-12-9-13(2)11-14(10-12)17(3)16(18)19-15-7-5-4-6-8-15/h4-11H,1-3H3. The molecule has 0 atom stereocenters. The summed E-state index contributed by atoms with van der Waals surface area (Å²) < 4.78 is 5.30. The van der Waals surface area contributed by atoms with Crippen LogP contribution in [0.5, 0.6) is 5.75 Å². The Morgan fingerprint density at radius 2 is 1.58 bits per heavy atom. The zero-order valence-electron chi connectivity index (χ0n) is 11.4. The number of benzene rings is 2. The zero-order chi connectivity index (χ0) is 13.8. The normalized spacial score (nSPS) is 10.1. The Morgan fingerprint density at radius 1 is 1.00 bits per heavy atom. The van der Waals surface area contributed by atoms with Gasteiger partial charge >= 0.3 is 6.09 Å². The van der Waals surface area contributed by atoms with E-state index < -0.39 is 6.09 Å². The summed E-state index contributed by atoms with van der Waals surface area (Å²) in [6, 6.07) is 15.0. The first kappa shape index (κ1) is 13.1. The molecule has 0 aliphatic carbocycles. The number of aryl methyl sites for hydroxylation is 2. The second-order valence-electron chi connectivity index (χ2n) is 4.59. The molecule has 0 aliphatic heterocycles. The highest BCUT2D eigenvalue weighted by Gasteiger charge is 2.13. The van der Waals surface area contributed by atoms with E-state index in [9.17, 15) is 4.79 Å². The number of ether oxygens (including phenoxy) is 1. The number of anilines is 1.